The third-order valence-electron chi connectivity index (χ3n) is 5.17. The van der Waals surface area contributed by atoms with Crippen LogP contribution in [0.25, 0.3) is 11.4 Å². The molecule has 36 heavy (non-hydrogen) atoms. The van der Waals surface area contributed by atoms with Crippen LogP contribution in [0.5, 0.6) is 17.2 Å². The Bertz CT molecular complexity index is 1200. The quantitative estimate of drug-likeness (QED) is 0.265. The van der Waals surface area contributed by atoms with E-state index in [9.17, 15) is 9.59 Å². The molecule has 1 N–H and O–H groups in total. The van der Waals surface area contributed by atoms with Crippen molar-refractivity contribution in [2.24, 2.45) is 0 Å². The van der Waals surface area contributed by atoms with Crippen LogP contribution in [0.3, 0.4) is 0 Å². The number of carbonyl (C=O) groups excluding carboxylic acids is 2. The fourth-order valence-corrected chi connectivity index (χ4v) is 5.27. The van der Waals surface area contributed by atoms with E-state index in [0.717, 1.165) is 16.9 Å². The standard InChI is InChI=1S/C24H30N4O6S2/c1-7-15-12-16(23(30)34-9-3)22(36-15)25-19(29)13-35-24-27-26-21(28(24)8-2)14-10-17(31-4)20(33-6)18(11-14)32-5/h10-12H,7-9,13H2,1-6H3,(H,25,29). The van der Waals surface area contributed by atoms with Crippen molar-refractivity contribution >= 4 is 40.0 Å². The number of nitrogens with one attached hydrogen (secondary N) is 1. The minimum atomic E-state index is -0.447. The average molecular weight is 535 g/mol. The van der Waals surface area contributed by atoms with E-state index in [-0.39, 0.29) is 18.3 Å². The summed E-state index contributed by atoms with van der Waals surface area (Å²) in [4.78, 5) is 26.0. The molecule has 3 aromatic rings. The molecule has 1 amide bonds. The number of aromatic nitrogens is 3. The number of carbonyl (C=O) groups is 2. The highest BCUT2D eigenvalue weighted by Gasteiger charge is 2.21. The van der Waals surface area contributed by atoms with Crippen molar-refractivity contribution < 1.29 is 28.5 Å². The second kappa shape index (κ2) is 12.6. The van der Waals surface area contributed by atoms with Gasteiger partial charge in [-0.15, -0.1) is 21.5 Å². The van der Waals surface area contributed by atoms with Crippen LogP contribution in [-0.2, 0) is 22.5 Å². The van der Waals surface area contributed by atoms with Gasteiger partial charge in [0.2, 0.25) is 11.7 Å². The third-order valence-corrected chi connectivity index (χ3v) is 7.33. The molecule has 12 heteroatoms. The lowest BCUT2D eigenvalue weighted by molar-refractivity contribution is -0.113. The summed E-state index contributed by atoms with van der Waals surface area (Å²) in [5, 5.41) is 12.6. The van der Waals surface area contributed by atoms with Crippen molar-refractivity contribution in [1.82, 2.24) is 14.8 Å². The Labute approximate surface area is 218 Å². The first-order valence-electron chi connectivity index (χ1n) is 11.4. The number of ether oxygens (including phenoxy) is 4. The highest BCUT2D eigenvalue weighted by atomic mass is 32.2. The Morgan fingerprint density at radius 2 is 1.72 bits per heavy atom. The van der Waals surface area contributed by atoms with E-state index in [2.05, 4.69) is 15.5 Å². The van der Waals surface area contributed by atoms with E-state index in [1.54, 1.807) is 46.5 Å². The first-order valence-corrected chi connectivity index (χ1v) is 13.2. The van der Waals surface area contributed by atoms with Crippen LogP contribution in [0.1, 0.15) is 36.0 Å². The summed E-state index contributed by atoms with van der Waals surface area (Å²) < 4.78 is 23.3. The highest BCUT2D eigenvalue weighted by Crippen LogP contribution is 2.41. The fraction of sp³-hybridized carbons (Fsp3) is 0.417. The monoisotopic (exact) mass is 534 g/mol. The van der Waals surface area contributed by atoms with Gasteiger partial charge in [0.05, 0.1) is 39.3 Å². The number of rotatable bonds is 12. The summed E-state index contributed by atoms with van der Waals surface area (Å²) in [6, 6.07) is 5.37. The molecule has 0 bridgehead atoms. The number of aryl methyl sites for hydroxylation is 1. The molecule has 0 aliphatic heterocycles. The predicted molar refractivity (Wildman–Crippen MR) is 140 cm³/mol. The molecule has 0 atom stereocenters. The van der Waals surface area contributed by atoms with Gasteiger partial charge < -0.3 is 28.8 Å². The van der Waals surface area contributed by atoms with Gasteiger partial charge in [0.15, 0.2) is 22.5 Å². The van der Waals surface area contributed by atoms with Gasteiger partial charge in [-0.3, -0.25) is 4.79 Å². The summed E-state index contributed by atoms with van der Waals surface area (Å²) in [6.07, 6.45) is 0.755. The van der Waals surface area contributed by atoms with E-state index >= 15 is 0 Å². The number of hydrogen-bond acceptors (Lipinski definition) is 10. The van der Waals surface area contributed by atoms with Crippen molar-refractivity contribution in [3.8, 4) is 28.6 Å². The third kappa shape index (κ3) is 5.93. The second-order valence-corrected chi connectivity index (χ2v) is 9.41. The molecule has 0 aliphatic carbocycles. The largest absolute Gasteiger partial charge is 0.493 e. The number of anilines is 1. The molecule has 2 heterocycles. The molecule has 0 radical (unpaired) electrons. The fourth-order valence-electron chi connectivity index (χ4n) is 3.47. The summed E-state index contributed by atoms with van der Waals surface area (Å²) in [6.45, 7) is 6.56. The van der Waals surface area contributed by atoms with E-state index in [1.165, 1.54) is 23.1 Å². The highest BCUT2D eigenvalue weighted by molar-refractivity contribution is 7.99. The minimum absolute atomic E-state index is 0.0923. The van der Waals surface area contributed by atoms with Crippen LogP contribution in [0.4, 0.5) is 5.00 Å². The van der Waals surface area contributed by atoms with E-state index in [4.69, 9.17) is 18.9 Å². The van der Waals surface area contributed by atoms with E-state index < -0.39 is 5.97 Å². The number of benzene rings is 1. The lowest BCUT2D eigenvalue weighted by Crippen LogP contribution is -2.16. The number of esters is 1. The number of methoxy groups -OCH3 is 3. The first kappa shape index (κ1) is 27.3. The van der Waals surface area contributed by atoms with Gasteiger partial charge in [-0.05, 0) is 38.5 Å². The SMILES string of the molecule is CCOC(=O)c1cc(CC)sc1NC(=O)CSc1nnc(-c2cc(OC)c(OC)c(OC)c2)n1CC. The number of thiophene rings is 1. The minimum Gasteiger partial charge on any atom is -0.493 e. The molecular weight excluding hydrogens is 504 g/mol. The van der Waals surface area contributed by atoms with Crippen LogP contribution in [0.15, 0.2) is 23.4 Å². The molecule has 0 aliphatic rings. The second-order valence-electron chi connectivity index (χ2n) is 7.33. The average Bonchev–Trinajstić information content (AvgIpc) is 3.50. The zero-order valence-electron chi connectivity index (χ0n) is 21.2. The summed E-state index contributed by atoms with van der Waals surface area (Å²) >= 11 is 2.63. The van der Waals surface area contributed by atoms with Crippen molar-refractivity contribution in [3.05, 3.63) is 28.6 Å². The summed E-state index contributed by atoms with van der Waals surface area (Å²) in [5.74, 6) is 1.49. The van der Waals surface area contributed by atoms with Crippen LogP contribution >= 0.6 is 23.1 Å². The molecule has 1 aromatic carbocycles. The van der Waals surface area contributed by atoms with E-state index in [1.807, 2.05) is 18.4 Å². The van der Waals surface area contributed by atoms with Gasteiger partial charge in [0.1, 0.15) is 5.00 Å². The van der Waals surface area contributed by atoms with E-state index in [0.29, 0.717) is 45.3 Å². The van der Waals surface area contributed by atoms with Gasteiger partial charge in [0.25, 0.3) is 0 Å². The topological polar surface area (TPSA) is 114 Å². The lowest BCUT2D eigenvalue weighted by Gasteiger charge is -2.14. The molecule has 0 spiro atoms. The zero-order chi connectivity index (χ0) is 26.2. The van der Waals surface area contributed by atoms with Crippen LogP contribution in [0.2, 0.25) is 0 Å². The zero-order valence-corrected chi connectivity index (χ0v) is 22.8. The Morgan fingerprint density at radius 3 is 2.28 bits per heavy atom. The van der Waals surface area contributed by atoms with Crippen LogP contribution < -0.4 is 19.5 Å². The van der Waals surface area contributed by atoms with Crippen LogP contribution in [0, 0.1) is 0 Å². The Morgan fingerprint density at radius 1 is 1.03 bits per heavy atom. The van der Waals surface area contributed by atoms with Gasteiger partial charge in [-0.2, -0.15) is 0 Å². The lowest BCUT2D eigenvalue weighted by atomic mass is 10.1. The van der Waals surface area contributed by atoms with Gasteiger partial charge in [-0.1, -0.05) is 18.7 Å². The van der Waals surface area contributed by atoms with Crippen molar-refractivity contribution in [2.45, 2.75) is 38.9 Å². The molecular formula is C24H30N4O6S2. The van der Waals surface area contributed by atoms with Crippen molar-refractivity contribution in [3.63, 3.8) is 0 Å². The number of hydrogen-bond donors (Lipinski definition) is 1. The Hall–Kier alpha value is -3.25. The summed E-state index contributed by atoms with van der Waals surface area (Å²) in [7, 11) is 4.65. The number of thioether (sulfide) groups is 1. The van der Waals surface area contributed by atoms with Gasteiger partial charge >= 0.3 is 5.97 Å². The first-order chi connectivity index (χ1) is 17.4. The normalized spacial score (nSPS) is 10.7. The molecule has 0 unspecified atom stereocenters. The maximum absolute atomic E-state index is 12.7. The maximum Gasteiger partial charge on any atom is 0.341 e. The smallest absolute Gasteiger partial charge is 0.341 e. The molecule has 3 rings (SSSR count). The molecule has 0 saturated heterocycles. The molecule has 0 fully saturated rings. The molecule has 10 nitrogen and oxygen atoms in total. The Kier molecular flexibility index (Phi) is 9.59. The predicted octanol–water partition coefficient (Wildman–Crippen LogP) is 4.52. The summed E-state index contributed by atoms with van der Waals surface area (Å²) in [5.41, 5.74) is 1.11. The van der Waals surface area contributed by atoms with Gasteiger partial charge in [0, 0.05) is 17.0 Å². The van der Waals surface area contributed by atoms with Crippen molar-refractivity contribution in [2.75, 3.05) is 39.0 Å². The number of amides is 1. The molecule has 194 valence electrons. The number of nitrogens with zero attached hydrogens (tertiary/aromatic N) is 3. The van der Waals surface area contributed by atoms with Crippen LogP contribution in [-0.4, -0.2) is 60.3 Å². The molecule has 0 saturated carbocycles. The van der Waals surface area contributed by atoms with Gasteiger partial charge in [-0.25, -0.2) is 4.79 Å². The maximum atomic E-state index is 12.7. The molecule has 2 aromatic heterocycles. The van der Waals surface area contributed by atoms with Crippen molar-refractivity contribution in [1.29, 1.82) is 0 Å². The Balaban J connectivity index is 1.79.